The summed E-state index contributed by atoms with van der Waals surface area (Å²) >= 11 is 0. The molecular weight excluding hydrogens is 278 g/mol. The van der Waals surface area contributed by atoms with Crippen LogP contribution in [0.4, 0.5) is 5.69 Å². The van der Waals surface area contributed by atoms with E-state index in [2.05, 4.69) is 10.6 Å². The second-order valence-corrected chi connectivity index (χ2v) is 5.39. The number of nitrogens with zero attached hydrogens (tertiary/aromatic N) is 3. The van der Waals surface area contributed by atoms with E-state index in [0.717, 1.165) is 11.1 Å². The first-order valence-electron chi connectivity index (χ1n) is 6.57. The van der Waals surface area contributed by atoms with Gasteiger partial charge in [0.2, 0.25) is 5.91 Å². The molecule has 0 radical (unpaired) electrons. The van der Waals surface area contributed by atoms with E-state index in [1.54, 1.807) is 24.3 Å². The molecule has 1 amide bonds. The van der Waals surface area contributed by atoms with Gasteiger partial charge in [-0.25, -0.2) is 0 Å². The molecule has 1 aliphatic rings. The first-order chi connectivity index (χ1) is 10.4. The summed E-state index contributed by atoms with van der Waals surface area (Å²) in [5.41, 5.74) is 1.46. The van der Waals surface area contributed by atoms with Gasteiger partial charge in [0.25, 0.3) is 0 Å². The lowest BCUT2D eigenvalue weighted by molar-refractivity contribution is -0.126. The largest absolute Gasteiger partial charge is 0.351 e. The number of carbonyl (C=O) groups excluding carboxylic acids is 1. The van der Waals surface area contributed by atoms with Crippen molar-refractivity contribution in [3.63, 3.8) is 0 Å². The number of hydrogen-bond donors (Lipinski definition) is 2. The van der Waals surface area contributed by atoms with Crippen LogP contribution < -0.4 is 10.6 Å². The Kier molecular flexibility index (Phi) is 3.84. The number of anilines is 1. The third-order valence-electron chi connectivity index (χ3n) is 3.64. The maximum absolute atomic E-state index is 11.9. The Hall–Kier alpha value is -3.30. The van der Waals surface area contributed by atoms with Crippen LogP contribution in [0.15, 0.2) is 29.5 Å². The molecule has 22 heavy (non-hydrogen) atoms. The molecule has 1 aromatic rings. The summed E-state index contributed by atoms with van der Waals surface area (Å²) in [6.45, 7) is 4.09. The molecule has 108 valence electrons. The standard InChI is InChI=1S/C16H13N5O/c1-16(2)13-4-3-12(5-10(13)9-20-15(16)22)21-14(8-19)11(6-17)7-18/h3-5,21H,9H2,1-2H3,(H,20,22). The van der Waals surface area contributed by atoms with Crippen molar-refractivity contribution < 1.29 is 4.79 Å². The van der Waals surface area contributed by atoms with Gasteiger partial charge in [-0.15, -0.1) is 0 Å². The minimum absolute atomic E-state index is 0.0328. The second-order valence-electron chi connectivity index (χ2n) is 5.39. The van der Waals surface area contributed by atoms with Crippen molar-refractivity contribution in [1.82, 2.24) is 5.32 Å². The minimum atomic E-state index is -0.621. The Morgan fingerprint density at radius 2 is 1.91 bits per heavy atom. The van der Waals surface area contributed by atoms with Crippen LogP contribution in [-0.2, 0) is 16.8 Å². The normalized spacial score (nSPS) is 14.4. The summed E-state index contributed by atoms with van der Waals surface area (Å²) in [7, 11) is 0. The van der Waals surface area contributed by atoms with Crippen LogP contribution in [0.25, 0.3) is 0 Å². The molecule has 0 unspecified atom stereocenters. The van der Waals surface area contributed by atoms with Gasteiger partial charge in [-0.05, 0) is 37.1 Å². The van der Waals surface area contributed by atoms with Crippen molar-refractivity contribution in [2.45, 2.75) is 25.8 Å². The van der Waals surface area contributed by atoms with Crippen LogP contribution in [0.3, 0.4) is 0 Å². The first-order valence-corrected chi connectivity index (χ1v) is 6.57. The van der Waals surface area contributed by atoms with Crippen LogP contribution in [0.2, 0.25) is 0 Å². The van der Waals surface area contributed by atoms with Crippen LogP contribution >= 0.6 is 0 Å². The third kappa shape index (κ3) is 2.49. The number of amides is 1. The van der Waals surface area contributed by atoms with Gasteiger partial charge in [0.05, 0.1) is 5.41 Å². The van der Waals surface area contributed by atoms with E-state index >= 15 is 0 Å². The Bertz CT molecular complexity index is 783. The molecule has 0 fully saturated rings. The van der Waals surface area contributed by atoms with E-state index in [0.29, 0.717) is 12.2 Å². The van der Waals surface area contributed by atoms with Crippen molar-refractivity contribution in [2.75, 3.05) is 5.32 Å². The predicted octanol–water partition coefficient (Wildman–Crippen LogP) is 1.83. The van der Waals surface area contributed by atoms with Gasteiger partial charge in [0.1, 0.15) is 23.9 Å². The summed E-state index contributed by atoms with van der Waals surface area (Å²) in [6, 6.07) is 10.5. The molecule has 1 aliphatic heterocycles. The van der Waals surface area contributed by atoms with Gasteiger partial charge in [0.15, 0.2) is 5.57 Å². The summed E-state index contributed by atoms with van der Waals surface area (Å²) in [6.07, 6.45) is 0. The van der Waals surface area contributed by atoms with Crippen LogP contribution in [-0.4, -0.2) is 5.91 Å². The van der Waals surface area contributed by atoms with Gasteiger partial charge >= 0.3 is 0 Å². The van der Waals surface area contributed by atoms with Gasteiger partial charge in [-0.2, -0.15) is 15.8 Å². The molecule has 0 aliphatic carbocycles. The molecule has 1 aromatic carbocycles. The highest BCUT2D eigenvalue weighted by atomic mass is 16.2. The quantitative estimate of drug-likeness (QED) is 0.807. The molecule has 0 atom stereocenters. The van der Waals surface area contributed by atoms with Crippen LogP contribution in [0.5, 0.6) is 0 Å². The minimum Gasteiger partial charge on any atom is -0.351 e. The van der Waals surface area contributed by atoms with E-state index in [-0.39, 0.29) is 17.2 Å². The van der Waals surface area contributed by atoms with Gasteiger partial charge in [-0.1, -0.05) is 6.07 Å². The number of nitriles is 3. The molecule has 2 N–H and O–H groups in total. The molecule has 0 spiro atoms. The summed E-state index contributed by atoms with van der Waals surface area (Å²) < 4.78 is 0. The lowest BCUT2D eigenvalue weighted by Gasteiger charge is -2.32. The Morgan fingerprint density at radius 3 is 2.50 bits per heavy atom. The second kappa shape index (κ2) is 5.60. The van der Waals surface area contributed by atoms with E-state index in [9.17, 15) is 4.79 Å². The molecule has 0 bridgehead atoms. The fourth-order valence-electron chi connectivity index (χ4n) is 2.37. The Morgan fingerprint density at radius 1 is 1.23 bits per heavy atom. The predicted molar refractivity (Wildman–Crippen MR) is 78.8 cm³/mol. The molecule has 0 saturated heterocycles. The molecule has 0 aromatic heterocycles. The number of nitrogens with one attached hydrogen (secondary N) is 2. The smallest absolute Gasteiger partial charge is 0.230 e. The fraction of sp³-hybridized carbons (Fsp3) is 0.250. The van der Waals surface area contributed by atoms with Crippen molar-refractivity contribution in [2.24, 2.45) is 0 Å². The zero-order valence-electron chi connectivity index (χ0n) is 12.2. The zero-order valence-corrected chi connectivity index (χ0v) is 12.2. The van der Waals surface area contributed by atoms with E-state index in [1.165, 1.54) is 0 Å². The maximum Gasteiger partial charge on any atom is 0.230 e. The first kappa shape index (κ1) is 15.1. The maximum atomic E-state index is 11.9. The van der Waals surface area contributed by atoms with Crippen LogP contribution in [0.1, 0.15) is 25.0 Å². The summed E-state index contributed by atoms with van der Waals surface area (Å²) in [5, 5.41) is 32.3. The molecule has 6 heteroatoms. The number of fused-ring (bicyclic) bond motifs is 1. The molecule has 1 heterocycles. The Labute approximate surface area is 128 Å². The molecule has 6 nitrogen and oxygen atoms in total. The Balaban J connectivity index is 2.41. The summed E-state index contributed by atoms with van der Waals surface area (Å²) in [4.78, 5) is 11.9. The highest BCUT2D eigenvalue weighted by molar-refractivity contribution is 5.89. The van der Waals surface area contributed by atoms with Crippen molar-refractivity contribution in [1.29, 1.82) is 15.8 Å². The molecule has 0 saturated carbocycles. The lowest BCUT2D eigenvalue weighted by atomic mass is 9.78. The van der Waals surface area contributed by atoms with E-state index in [1.807, 2.05) is 26.0 Å². The van der Waals surface area contributed by atoms with Gasteiger partial charge in [0, 0.05) is 12.2 Å². The van der Waals surface area contributed by atoms with E-state index < -0.39 is 5.41 Å². The monoisotopic (exact) mass is 291 g/mol. The number of benzene rings is 1. The SMILES string of the molecule is CC1(C)C(=O)NCc2cc(NC(C#N)=C(C#N)C#N)ccc21. The topological polar surface area (TPSA) is 112 Å². The van der Waals surface area contributed by atoms with Crippen molar-refractivity contribution in [3.8, 4) is 18.2 Å². The van der Waals surface area contributed by atoms with Crippen molar-refractivity contribution in [3.05, 3.63) is 40.6 Å². The highest BCUT2D eigenvalue weighted by Crippen LogP contribution is 2.32. The fourth-order valence-corrected chi connectivity index (χ4v) is 2.37. The lowest BCUT2D eigenvalue weighted by Crippen LogP contribution is -2.44. The number of carbonyl (C=O) groups is 1. The number of hydrogen-bond acceptors (Lipinski definition) is 5. The number of allylic oxidation sites excluding steroid dienone is 2. The summed E-state index contributed by atoms with van der Waals surface area (Å²) in [5.74, 6) is -0.0328. The van der Waals surface area contributed by atoms with Gasteiger partial charge in [-0.3, -0.25) is 4.79 Å². The van der Waals surface area contributed by atoms with Crippen molar-refractivity contribution >= 4 is 11.6 Å². The number of rotatable bonds is 2. The van der Waals surface area contributed by atoms with E-state index in [4.69, 9.17) is 15.8 Å². The molecular formula is C16H13N5O. The highest BCUT2D eigenvalue weighted by Gasteiger charge is 2.35. The molecule has 2 rings (SSSR count). The van der Waals surface area contributed by atoms with Crippen LogP contribution in [0, 0.1) is 34.0 Å². The third-order valence-corrected chi connectivity index (χ3v) is 3.64. The average molecular weight is 291 g/mol. The average Bonchev–Trinajstić information content (AvgIpc) is 2.51. The van der Waals surface area contributed by atoms with Gasteiger partial charge < -0.3 is 10.6 Å². The zero-order chi connectivity index (χ0) is 16.3.